The van der Waals surface area contributed by atoms with Crippen LogP contribution in [0.2, 0.25) is 0 Å². The summed E-state index contributed by atoms with van der Waals surface area (Å²) >= 11 is 4.04. The van der Waals surface area contributed by atoms with E-state index in [0.717, 1.165) is 19.3 Å². The maximum Gasteiger partial charge on any atom is 0.479 e. The first kappa shape index (κ1) is 15.7. The Balaban J connectivity index is 3.75. The van der Waals surface area contributed by atoms with Crippen LogP contribution >= 0.6 is 14.5 Å². The Kier molecular flexibility index (Phi) is 7.41. The van der Waals surface area contributed by atoms with Gasteiger partial charge in [0, 0.05) is 0 Å². The smallest absolute Gasteiger partial charge is 0.324 e. The molecule has 0 aromatic carbocycles. The van der Waals surface area contributed by atoms with Gasteiger partial charge in [0.1, 0.15) is 0 Å². The molecule has 1 atom stereocenters. The van der Waals surface area contributed by atoms with Gasteiger partial charge in [-0.15, -0.1) is 0 Å². The molecule has 0 aliphatic carbocycles. The lowest BCUT2D eigenvalue weighted by Gasteiger charge is -2.14. The summed E-state index contributed by atoms with van der Waals surface area (Å²) in [6, 6.07) is 0. The summed E-state index contributed by atoms with van der Waals surface area (Å²) < 4.78 is 19.5. The Labute approximate surface area is 94.1 Å². The molecule has 1 unspecified atom stereocenters. The van der Waals surface area contributed by atoms with Crippen molar-refractivity contribution in [3.63, 3.8) is 0 Å². The first-order valence-electron chi connectivity index (χ1n) is 4.51. The van der Waals surface area contributed by atoms with Crippen LogP contribution in [0.25, 0.3) is 0 Å². The molecule has 0 radical (unpaired) electrons. The van der Waals surface area contributed by atoms with Crippen molar-refractivity contribution in [3.05, 3.63) is 0 Å². The Morgan fingerprint density at radius 3 is 2.27 bits per heavy atom. The van der Waals surface area contributed by atoms with Crippen LogP contribution in [0.4, 0.5) is 0 Å². The zero-order chi connectivity index (χ0) is 11.9. The summed E-state index contributed by atoms with van der Waals surface area (Å²) in [6.45, 7) is -2.09. The second kappa shape index (κ2) is 7.09. The van der Waals surface area contributed by atoms with E-state index in [1.807, 2.05) is 6.92 Å². The topological polar surface area (TPSA) is 96.2 Å². The molecule has 0 amide bonds. The number of unbranched alkanes of at least 4 members (excludes halogenated alkanes) is 3. The monoisotopic (exact) mass is 278 g/mol. The summed E-state index contributed by atoms with van der Waals surface area (Å²) in [5.74, 6) is 0. The van der Waals surface area contributed by atoms with Crippen molar-refractivity contribution in [2.75, 3.05) is 6.61 Å². The fraction of sp³-hybridized carbons (Fsp3) is 1.00. The van der Waals surface area contributed by atoms with E-state index < -0.39 is 14.5 Å². The largest absolute Gasteiger partial charge is 0.479 e. The zero-order valence-electron chi connectivity index (χ0n) is 8.40. The van der Waals surface area contributed by atoms with E-state index in [4.69, 9.17) is 14.7 Å². The zero-order valence-corrected chi connectivity index (χ0v) is 11.0. The summed E-state index contributed by atoms with van der Waals surface area (Å²) in [7, 11) is -4.42. The Morgan fingerprint density at radius 2 is 1.80 bits per heavy atom. The fourth-order valence-corrected chi connectivity index (χ4v) is 3.25. The number of phosphoric acid groups is 1. The average molecular weight is 278 g/mol. The van der Waals surface area contributed by atoms with Crippen LogP contribution in [-0.4, -0.2) is 21.3 Å². The van der Waals surface area contributed by atoms with E-state index in [-0.39, 0.29) is 6.61 Å². The van der Waals surface area contributed by atoms with Gasteiger partial charge in [0.05, 0.1) is 6.61 Å². The minimum absolute atomic E-state index is 0.0309. The number of hydrogen-bond acceptors (Lipinski definition) is 4. The van der Waals surface area contributed by atoms with Gasteiger partial charge >= 0.3 is 14.5 Å². The van der Waals surface area contributed by atoms with Gasteiger partial charge in [-0.3, -0.25) is 4.52 Å². The van der Waals surface area contributed by atoms with Crippen molar-refractivity contribution in [2.45, 2.75) is 32.6 Å². The molecule has 0 aliphatic heterocycles. The van der Waals surface area contributed by atoms with E-state index in [2.05, 4.69) is 20.6 Å². The third-order valence-electron chi connectivity index (χ3n) is 1.46. The van der Waals surface area contributed by atoms with Gasteiger partial charge in [-0.2, -0.15) is 0 Å². The third-order valence-corrected chi connectivity index (χ3v) is 4.25. The lowest BCUT2D eigenvalue weighted by atomic mass is 10.2. The van der Waals surface area contributed by atoms with E-state index >= 15 is 0 Å². The average Bonchev–Trinajstić information content (AvgIpc) is 1.99. The van der Waals surface area contributed by atoms with Crippen LogP contribution in [-0.2, 0) is 25.2 Å². The molecular weight excluding hydrogens is 262 g/mol. The van der Waals surface area contributed by atoms with E-state index in [1.54, 1.807) is 0 Å². The van der Waals surface area contributed by atoms with E-state index in [1.165, 1.54) is 0 Å². The van der Waals surface area contributed by atoms with Crippen molar-refractivity contribution >= 4 is 26.3 Å². The van der Waals surface area contributed by atoms with Gasteiger partial charge in [0.25, 0.3) is 0 Å². The normalized spacial score (nSPS) is 16.3. The molecule has 0 aromatic heterocycles. The van der Waals surface area contributed by atoms with Crippen LogP contribution in [0.1, 0.15) is 32.6 Å². The standard InChI is InChI=1S/C6H16O6P2S/c1-2-3-4-5-6-11-13(7,8)12-14(9,10)15/h2-6H2,1H3,(H,7,8)(H2,9,10,15). The van der Waals surface area contributed by atoms with E-state index in [9.17, 15) is 4.57 Å². The maximum absolute atomic E-state index is 11.0. The first-order chi connectivity index (χ1) is 6.77. The maximum atomic E-state index is 11.0. The highest BCUT2D eigenvalue weighted by molar-refractivity contribution is 8.08. The summed E-state index contributed by atoms with van der Waals surface area (Å²) in [4.78, 5) is 26.2. The van der Waals surface area contributed by atoms with Gasteiger partial charge in [0.15, 0.2) is 0 Å². The van der Waals surface area contributed by atoms with Crippen molar-refractivity contribution < 1.29 is 28.1 Å². The van der Waals surface area contributed by atoms with E-state index in [0.29, 0.717) is 6.42 Å². The molecule has 0 bridgehead atoms. The molecule has 0 spiro atoms. The molecule has 92 valence electrons. The predicted octanol–water partition coefficient (Wildman–Crippen LogP) is 1.91. The molecule has 3 N–H and O–H groups in total. The minimum atomic E-state index is -4.42. The van der Waals surface area contributed by atoms with Gasteiger partial charge in [-0.05, 0) is 18.2 Å². The SMILES string of the molecule is CCCCCCOP(=O)(O)OP(O)(O)=S. The molecule has 0 saturated heterocycles. The number of phosphoric ester groups is 1. The molecule has 6 nitrogen and oxygen atoms in total. The fourth-order valence-electron chi connectivity index (χ4n) is 0.867. The van der Waals surface area contributed by atoms with Crippen LogP contribution in [0, 0.1) is 0 Å². The minimum Gasteiger partial charge on any atom is -0.324 e. The van der Waals surface area contributed by atoms with Gasteiger partial charge in [-0.25, -0.2) is 8.88 Å². The third kappa shape index (κ3) is 11.0. The first-order valence-corrected chi connectivity index (χ1v) is 8.63. The molecule has 0 heterocycles. The number of hydrogen-bond donors (Lipinski definition) is 3. The van der Waals surface area contributed by atoms with Crippen molar-refractivity contribution in [1.82, 2.24) is 0 Å². The highest BCUT2D eigenvalue weighted by Crippen LogP contribution is 2.57. The summed E-state index contributed by atoms with van der Waals surface area (Å²) in [5, 5.41) is 0. The van der Waals surface area contributed by atoms with Crippen LogP contribution in [0.3, 0.4) is 0 Å². The van der Waals surface area contributed by atoms with Crippen molar-refractivity contribution in [2.24, 2.45) is 0 Å². The number of rotatable bonds is 8. The second-order valence-electron chi connectivity index (χ2n) is 2.93. The van der Waals surface area contributed by atoms with Crippen molar-refractivity contribution in [3.8, 4) is 0 Å². The molecule has 0 rings (SSSR count). The summed E-state index contributed by atoms with van der Waals surface area (Å²) in [6.07, 6.45) is 3.55. The molecular formula is C6H16O6P2S. The lowest BCUT2D eigenvalue weighted by Crippen LogP contribution is -1.96. The Morgan fingerprint density at radius 1 is 1.20 bits per heavy atom. The predicted molar refractivity (Wildman–Crippen MR) is 59.7 cm³/mol. The lowest BCUT2D eigenvalue weighted by molar-refractivity contribution is 0.190. The molecule has 0 aliphatic rings. The van der Waals surface area contributed by atoms with Crippen LogP contribution in [0.5, 0.6) is 0 Å². The van der Waals surface area contributed by atoms with Crippen molar-refractivity contribution in [1.29, 1.82) is 0 Å². The molecule has 0 saturated carbocycles. The highest BCUT2D eigenvalue weighted by Gasteiger charge is 2.28. The van der Waals surface area contributed by atoms with Crippen LogP contribution < -0.4 is 0 Å². The summed E-state index contributed by atoms with van der Waals surface area (Å²) in [5.41, 5.74) is 0. The van der Waals surface area contributed by atoms with Crippen LogP contribution in [0.15, 0.2) is 0 Å². The molecule has 15 heavy (non-hydrogen) atoms. The molecule has 9 heteroatoms. The van der Waals surface area contributed by atoms with Gasteiger partial charge in [-0.1, -0.05) is 26.2 Å². The Hall–Kier alpha value is 0.680. The Bertz CT molecular complexity index is 264. The second-order valence-corrected chi connectivity index (χ2v) is 7.19. The van der Waals surface area contributed by atoms with Gasteiger partial charge < -0.3 is 14.7 Å². The molecule has 0 fully saturated rings. The molecule has 0 aromatic rings. The quantitative estimate of drug-likeness (QED) is 0.461. The van der Waals surface area contributed by atoms with Gasteiger partial charge in [0.2, 0.25) is 0 Å². The highest BCUT2D eigenvalue weighted by atomic mass is 32.5.